The minimum Gasteiger partial charge on any atom is -0.545 e. The number of ether oxygens (including phenoxy) is 1. The molecule has 1 saturated heterocycles. The third-order valence-electron chi connectivity index (χ3n) is 4.73. The number of carboxylic acids is 1. The normalized spacial score (nSPS) is 19.6. The molecule has 3 rings (SSSR count). The van der Waals surface area contributed by atoms with Crippen LogP contribution in [0.4, 0.5) is 0 Å². The van der Waals surface area contributed by atoms with Crippen LogP contribution in [0.25, 0.3) is 0 Å². The first kappa shape index (κ1) is 20.5. The van der Waals surface area contributed by atoms with E-state index in [1.54, 1.807) is 12.1 Å². The Bertz CT molecular complexity index is 680. The molecule has 140 valence electrons. The van der Waals surface area contributed by atoms with Crippen LogP contribution in [0, 0.1) is 5.92 Å². The average Bonchev–Trinajstić information content (AvgIpc) is 2.69. The van der Waals surface area contributed by atoms with Gasteiger partial charge in [-0.3, -0.25) is 0 Å². The van der Waals surface area contributed by atoms with Crippen LogP contribution in [0.2, 0.25) is 0 Å². The summed E-state index contributed by atoms with van der Waals surface area (Å²) in [4.78, 5) is 14.5. The number of piperidine rings is 1. The highest BCUT2D eigenvalue weighted by molar-refractivity contribution is 9.08. The number of para-hydroxylation sites is 1. The van der Waals surface area contributed by atoms with Crippen molar-refractivity contribution < 1.29 is 14.6 Å². The van der Waals surface area contributed by atoms with Gasteiger partial charge in [-0.15, -0.1) is 0 Å². The predicted octanol–water partition coefficient (Wildman–Crippen LogP) is 3.06. The predicted molar refractivity (Wildman–Crippen MR) is 105 cm³/mol. The first-order valence-electron chi connectivity index (χ1n) is 8.70. The van der Waals surface area contributed by atoms with Gasteiger partial charge < -0.3 is 19.5 Å². The molecule has 5 heteroatoms. The van der Waals surface area contributed by atoms with Gasteiger partial charge in [-0.1, -0.05) is 64.5 Å². The first-order chi connectivity index (χ1) is 12.6. The summed E-state index contributed by atoms with van der Waals surface area (Å²) in [5, 5.41) is 12.4. The Hall–Kier alpha value is -1.85. The van der Waals surface area contributed by atoms with Gasteiger partial charge in [-0.2, -0.15) is 0 Å². The summed E-state index contributed by atoms with van der Waals surface area (Å²) in [5.41, 5.74) is -0.855. The summed E-state index contributed by atoms with van der Waals surface area (Å²) in [7, 11) is 2.01. The molecule has 1 fully saturated rings. The molecule has 0 spiro atoms. The third kappa shape index (κ3) is 4.46. The van der Waals surface area contributed by atoms with E-state index in [0.29, 0.717) is 17.9 Å². The molecule has 0 aliphatic carbocycles. The zero-order chi connectivity index (χ0) is 19.0. The molecule has 4 nitrogen and oxygen atoms in total. The van der Waals surface area contributed by atoms with E-state index in [2.05, 4.69) is 20.8 Å². The monoisotopic (exact) mass is 418 g/mol. The molecular weight excluding hydrogens is 394 g/mol. The van der Waals surface area contributed by atoms with E-state index in [4.69, 9.17) is 4.74 Å². The SMILES string of the molecule is CBr.CN1CCCC(C(Oc2ccccc2)(C(=O)[O-])c2ccccc2)C1. The molecule has 0 bridgehead atoms. The summed E-state index contributed by atoms with van der Waals surface area (Å²) in [6, 6.07) is 18.3. The van der Waals surface area contributed by atoms with Gasteiger partial charge in [-0.05, 0) is 44.4 Å². The quantitative estimate of drug-likeness (QED) is 0.700. The second-order valence-electron chi connectivity index (χ2n) is 6.41. The van der Waals surface area contributed by atoms with Crippen molar-refractivity contribution in [2.45, 2.75) is 18.4 Å². The van der Waals surface area contributed by atoms with Crippen molar-refractivity contribution >= 4 is 21.9 Å². The van der Waals surface area contributed by atoms with E-state index in [1.165, 1.54) is 0 Å². The van der Waals surface area contributed by atoms with Crippen LogP contribution in [0.1, 0.15) is 18.4 Å². The van der Waals surface area contributed by atoms with E-state index >= 15 is 0 Å². The van der Waals surface area contributed by atoms with Crippen LogP contribution < -0.4 is 9.84 Å². The van der Waals surface area contributed by atoms with E-state index in [9.17, 15) is 9.90 Å². The molecule has 1 aliphatic heterocycles. The van der Waals surface area contributed by atoms with Crippen LogP contribution in [0.15, 0.2) is 60.7 Å². The zero-order valence-corrected chi connectivity index (χ0v) is 16.8. The lowest BCUT2D eigenvalue weighted by Crippen LogP contribution is -2.58. The number of alkyl halides is 1. The minimum atomic E-state index is -1.49. The standard InChI is InChI=1S/C20H23NO3.CH3Br/c1-21-14-8-11-17(15-21)20(19(22)23,16-9-4-2-5-10-16)24-18-12-6-3-7-13-18;1-2/h2-7,9-10,12-13,17H,8,11,14-15H2,1H3,(H,22,23);1H3/p-1. The Kier molecular flexibility index (Phi) is 7.66. The fraction of sp³-hybridized carbons (Fsp3) is 0.381. The van der Waals surface area contributed by atoms with Gasteiger partial charge >= 0.3 is 0 Å². The molecule has 0 saturated carbocycles. The lowest BCUT2D eigenvalue weighted by Gasteiger charge is -2.45. The lowest BCUT2D eigenvalue weighted by molar-refractivity contribution is -0.328. The Morgan fingerprint density at radius 1 is 1.12 bits per heavy atom. The van der Waals surface area contributed by atoms with E-state index in [0.717, 1.165) is 19.4 Å². The Morgan fingerprint density at radius 3 is 2.23 bits per heavy atom. The molecule has 2 unspecified atom stereocenters. The number of likely N-dealkylation sites (tertiary alicyclic amines) is 1. The van der Waals surface area contributed by atoms with Crippen molar-refractivity contribution in [3.8, 4) is 5.75 Å². The summed E-state index contributed by atoms with van der Waals surface area (Å²) in [6.07, 6.45) is 1.74. The number of benzene rings is 2. The van der Waals surface area contributed by atoms with Crippen molar-refractivity contribution in [3.63, 3.8) is 0 Å². The van der Waals surface area contributed by atoms with Gasteiger partial charge in [0.2, 0.25) is 0 Å². The molecule has 2 aromatic carbocycles. The highest BCUT2D eigenvalue weighted by Gasteiger charge is 2.45. The molecule has 2 aromatic rings. The molecular formula is C21H25BrNO3-. The van der Waals surface area contributed by atoms with Crippen molar-refractivity contribution in [2.24, 2.45) is 5.92 Å². The lowest BCUT2D eigenvalue weighted by atomic mass is 9.76. The highest BCUT2D eigenvalue weighted by atomic mass is 79.9. The van der Waals surface area contributed by atoms with Crippen molar-refractivity contribution in [2.75, 3.05) is 26.0 Å². The molecule has 2 atom stereocenters. The maximum absolute atomic E-state index is 12.4. The molecule has 0 amide bonds. The number of rotatable bonds is 5. The summed E-state index contributed by atoms with van der Waals surface area (Å²) >= 11 is 2.94. The topological polar surface area (TPSA) is 52.6 Å². The summed E-state index contributed by atoms with van der Waals surface area (Å²) < 4.78 is 6.15. The van der Waals surface area contributed by atoms with Gasteiger partial charge in [0.15, 0.2) is 5.60 Å². The van der Waals surface area contributed by atoms with Crippen molar-refractivity contribution in [1.82, 2.24) is 4.90 Å². The minimum absolute atomic E-state index is 0.177. The number of carbonyl (C=O) groups excluding carboxylic acids is 1. The average molecular weight is 419 g/mol. The summed E-state index contributed by atoms with van der Waals surface area (Å²) in [5.74, 6) is 0.994. The molecule has 1 aliphatic rings. The molecule has 0 radical (unpaired) electrons. The van der Waals surface area contributed by atoms with E-state index in [-0.39, 0.29) is 5.92 Å². The van der Waals surface area contributed by atoms with Gasteiger partial charge in [0.05, 0.1) is 5.97 Å². The van der Waals surface area contributed by atoms with Crippen LogP contribution in [0.5, 0.6) is 5.75 Å². The van der Waals surface area contributed by atoms with Gasteiger partial charge in [0.25, 0.3) is 0 Å². The smallest absolute Gasteiger partial charge is 0.177 e. The zero-order valence-electron chi connectivity index (χ0n) is 15.2. The Balaban J connectivity index is 0.00000117. The highest BCUT2D eigenvalue weighted by Crippen LogP contribution is 2.39. The number of carbonyl (C=O) groups is 1. The van der Waals surface area contributed by atoms with Gasteiger partial charge in [0, 0.05) is 18.0 Å². The van der Waals surface area contributed by atoms with Crippen LogP contribution in [0.3, 0.4) is 0 Å². The number of carboxylic acid groups (broad SMARTS) is 1. The molecule has 0 N–H and O–H groups in total. The van der Waals surface area contributed by atoms with Crippen molar-refractivity contribution in [1.29, 1.82) is 0 Å². The Morgan fingerprint density at radius 2 is 1.69 bits per heavy atom. The number of halogens is 1. The fourth-order valence-corrected chi connectivity index (χ4v) is 3.56. The number of hydrogen-bond donors (Lipinski definition) is 0. The van der Waals surface area contributed by atoms with Crippen LogP contribution in [-0.2, 0) is 10.4 Å². The number of aliphatic carboxylic acids is 1. The number of hydrogen-bond acceptors (Lipinski definition) is 4. The molecule has 26 heavy (non-hydrogen) atoms. The van der Waals surface area contributed by atoms with E-state index < -0.39 is 11.6 Å². The van der Waals surface area contributed by atoms with Gasteiger partial charge in [0.1, 0.15) is 5.75 Å². The van der Waals surface area contributed by atoms with Gasteiger partial charge in [-0.25, -0.2) is 0 Å². The number of nitrogens with zero attached hydrogens (tertiary/aromatic N) is 1. The first-order valence-corrected chi connectivity index (χ1v) is 10.3. The van der Waals surface area contributed by atoms with E-state index in [1.807, 2.05) is 61.4 Å². The second kappa shape index (κ2) is 9.74. The second-order valence-corrected chi connectivity index (χ2v) is 6.41. The maximum Gasteiger partial charge on any atom is 0.177 e. The molecule has 1 heterocycles. The third-order valence-corrected chi connectivity index (χ3v) is 4.73. The summed E-state index contributed by atoms with van der Waals surface area (Å²) in [6.45, 7) is 1.63. The fourth-order valence-electron chi connectivity index (χ4n) is 3.56. The van der Waals surface area contributed by atoms with Crippen molar-refractivity contribution in [3.05, 3.63) is 66.2 Å². The molecule has 0 aromatic heterocycles. The Labute approximate surface area is 163 Å². The largest absolute Gasteiger partial charge is 0.545 e. The van der Waals surface area contributed by atoms with Crippen LogP contribution >= 0.6 is 15.9 Å². The maximum atomic E-state index is 12.4. The van der Waals surface area contributed by atoms with Crippen LogP contribution in [-0.4, -0.2) is 36.8 Å².